The maximum atomic E-state index is 13.0. The Morgan fingerprint density at radius 3 is 2.94 bits per heavy atom. The van der Waals surface area contributed by atoms with Crippen LogP contribution in [0.2, 0.25) is 0 Å². The van der Waals surface area contributed by atoms with Crippen LogP contribution in [-0.2, 0) is 4.74 Å². The summed E-state index contributed by atoms with van der Waals surface area (Å²) in [4.78, 5) is 11.7. The number of hydrogen-bond acceptors (Lipinski definition) is 3. The first kappa shape index (κ1) is 13.6. The molecule has 0 atom stereocenters. The van der Waals surface area contributed by atoms with Crippen LogP contribution in [0.1, 0.15) is 15.9 Å². The van der Waals surface area contributed by atoms with Gasteiger partial charge in [-0.1, -0.05) is 6.07 Å². The highest BCUT2D eigenvalue weighted by atomic mass is 19.1. The summed E-state index contributed by atoms with van der Waals surface area (Å²) in [6.07, 6.45) is 0. The van der Waals surface area contributed by atoms with Gasteiger partial charge in [0.2, 0.25) is 0 Å². The Labute approximate surface area is 100.0 Å². The Morgan fingerprint density at radius 1 is 1.47 bits per heavy atom. The van der Waals surface area contributed by atoms with Crippen LogP contribution in [0, 0.1) is 12.7 Å². The van der Waals surface area contributed by atoms with Gasteiger partial charge in [0.15, 0.2) is 0 Å². The fourth-order valence-electron chi connectivity index (χ4n) is 1.36. The number of aryl methyl sites for hydroxylation is 1. The van der Waals surface area contributed by atoms with E-state index in [1.165, 1.54) is 12.1 Å². The zero-order chi connectivity index (χ0) is 12.7. The second-order valence-electron chi connectivity index (χ2n) is 3.62. The number of benzene rings is 1. The van der Waals surface area contributed by atoms with Gasteiger partial charge in [-0.3, -0.25) is 4.79 Å². The van der Waals surface area contributed by atoms with Crippen LogP contribution in [-0.4, -0.2) is 32.2 Å². The van der Waals surface area contributed by atoms with Crippen molar-refractivity contribution in [2.45, 2.75) is 6.92 Å². The second kappa shape index (κ2) is 6.98. The molecule has 3 N–H and O–H groups in total. The van der Waals surface area contributed by atoms with Crippen molar-refractivity contribution in [2.24, 2.45) is 5.73 Å². The number of rotatable bonds is 6. The molecule has 1 rings (SSSR count). The van der Waals surface area contributed by atoms with Crippen LogP contribution in [0.25, 0.3) is 0 Å². The number of amides is 1. The van der Waals surface area contributed by atoms with E-state index in [0.29, 0.717) is 31.9 Å². The van der Waals surface area contributed by atoms with E-state index in [1.807, 2.05) is 0 Å². The van der Waals surface area contributed by atoms with Gasteiger partial charge in [0.05, 0.1) is 13.2 Å². The molecule has 5 heteroatoms. The van der Waals surface area contributed by atoms with Gasteiger partial charge in [-0.05, 0) is 24.6 Å². The highest BCUT2D eigenvalue weighted by Gasteiger charge is 2.09. The van der Waals surface area contributed by atoms with E-state index in [0.717, 1.165) is 5.56 Å². The first-order valence-electron chi connectivity index (χ1n) is 5.47. The third-order valence-electron chi connectivity index (χ3n) is 2.24. The maximum absolute atomic E-state index is 13.0. The maximum Gasteiger partial charge on any atom is 0.251 e. The van der Waals surface area contributed by atoms with Crippen LogP contribution in [0.4, 0.5) is 4.39 Å². The molecule has 0 spiro atoms. The zero-order valence-corrected chi connectivity index (χ0v) is 9.83. The van der Waals surface area contributed by atoms with Crippen LogP contribution < -0.4 is 11.1 Å². The zero-order valence-electron chi connectivity index (χ0n) is 9.83. The van der Waals surface area contributed by atoms with Crippen molar-refractivity contribution in [2.75, 3.05) is 26.3 Å². The number of ether oxygens (including phenoxy) is 1. The number of carbonyl (C=O) groups excluding carboxylic acids is 1. The van der Waals surface area contributed by atoms with Crippen LogP contribution in [0.5, 0.6) is 0 Å². The van der Waals surface area contributed by atoms with E-state index in [4.69, 9.17) is 10.5 Å². The van der Waals surface area contributed by atoms with Gasteiger partial charge in [0, 0.05) is 18.7 Å². The van der Waals surface area contributed by atoms with E-state index in [9.17, 15) is 9.18 Å². The van der Waals surface area contributed by atoms with Crippen molar-refractivity contribution in [1.29, 1.82) is 0 Å². The average Bonchev–Trinajstić information content (AvgIpc) is 2.32. The van der Waals surface area contributed by atoms with Gasteiger partial charge in [-0.15, -0.1) is 0 Å². The number of halogens is 1. The molecule has 0 bridgehead atoms. The Balaban J connectivity index is 2.44. The Bertz CT molecular complexity index is 383. The predicted molar refractivity (Wildman–Crippen MR) is 63.3 cm³/mol. The van der Waals surface area contributed by atoms with Crippen LogP contribution in [0.15, 0.2) is 18.2 Å². The summed E-state index contributed by atoms with van der Waals surface area (Å²) in [6, 6.07) is 4.14. The Morgan fingerprint density at radius 2 is 2.24 bits per heavy atom. The Kier molecular flexibility index (Phi) is 5.59. The fraction of sp³-hybridized carbons (Fsp3) is 0.417. The molecule has 0 aromatic heterocycles. The minimum atomic E-state index is -0.417. The first-order chi connectivity index (χ1) is 8.15. The van der Waals surface area contributed by atoms with Gasteiger partial charge in [0.25, 0.3) is 5.91 Å². The molecule has 0 aliphatic carbocycles. The van der Waals surface area contributed by atoms with Gasteiger partial charge in [-0.25, -0.2) is 4.39 Å². The molecule has 0 heterocycles. The minimum Gasteiger partial charge on any atom is -0.378 e. The van der Waals surface area contributed by atoms with Crippen LogP contribution >= 0.6 is 0 Å². The fourth-order valence-corrected chi connectivity index (χ4v) is 1.36. The van der Waals surface area contributed by atoms with E-state index in [2.05, 4.69) is 5.32 Å². The van der Waals surface area contributed by atoms with Gasteiger partial charge >= 0.3 is 0 Å². The van der Waals surface area contributed by atoms with E-state index < -0.39 is 5.82 Å². The standard InChI is InChI=1S/C12H17FN2O2/c1-9-2-3-10(13)8-11(9)12(16)15-5-7-17-6-4-14/h2-3,8H,4-7,14H2,1H3,(H,15,16). The highest BCUT2D eigenvalue weighted by Crippen LogP contribution is 2.09. The molecule has 0 aliphatic rings. The molecule has 1 amide bonds. The third kappa shape index (κ3) is 4.50. The van der Waals surface area contributed by atoms with Crippen molar-refractivity contribution in [3.05, 3.63) is 35.1 Å². The van der Waals surface area contributed by atoms with Gasteiger partial charge < -0.3 is 15.8 Å². The van der Waals surface area contributed by atoms with Crippen molar-refractivity contribution in [3.63, 3.8) is 0 Å². The molecule has 0 aliphatic heterocycles. The number of nitrogens with one attached hydrogen (secondary N) is 1. The molecule has 0 radical (unpaired) electrons. The summed E-state index contributed by atoms with van der Waals surface area (Å²) in [6.45, 7) is 3.47. The van der Waals surface area contributed by atoms with E-state index >= 15 is 0 Å². The number of carbonyl (C=O) groups is 1. The summed E-state index contributed by atoms with van der Waals surface area (Å²) < 4.78 is 18.1. The quantitative estimate of drug-likeness (QED) is 0.724. The van der Waals surface area contributed by atoms with E-state index in [-0.39, 0.29) is 5.91 Å². The van der Waals surface area contributed by atoms with E-state index in [1.54, 1.807) is 13.0 Å². The SMILES string of the molecule is Cc1ccc(F)cc1C(=O)NCCOCCN. The number of hydrogen-bond donors (Lipinski definition) is 2. The molecular formula is C12H17FN2O2. The first-order valence-corrected chi connectivity index (χ1v) is 5.47. The highest BCUT2D eigenvalue weighted by molar-refractivity contribution is 5.95. The van der Waals surface area contributed by atoms with Gasteiger partial charge in [0.1, 0.15) is 5.82 Å². The summed E-state index contributed by atoms with van der Waals surface area (Å²) in [5.41, 5.74) is 6.34. The number of nitrogens with two attached hydrogens (primary N) is 1. The molecule has 4 nitrogen and oxygen atoms in total. The summed E-state index contributed by atoms with van der Waals surface area (Å²) in [5.74, 6) is -0.710. The van der Waals surface area contributed by atoms with Crippen molar-refractivity contribution in [3.8, 4) is 0 Å². The molecule has 0 saturated heterocycles. The van der Waals surface area contributed by atoms with Crippen LogP contribution in [0.3, 0.4) is 0 Å². The topological polar surface area (TPSA) is 64.3 Å². The molecule has 0 unspecified atom stereocenters. The Hall–Kier alpha value is -1.46. The lowest BCUT2D eigenvalue weighted by molar-refractivity contribution is 0.0919. The smallest absolute Gasteiger partial charge is 0.251 e. The molecule has 17 heavy (non-hydrogen) atoms. The minimum absolute atomic E-state index is 0.293. The summed E-state index contributed by atoms with van der Waals surface area (Å²) in [5, 5.41) is 2.65. The molecule has 94 valence electrons. The third-order valence-corrected chi connectivity index (χ3v) is 2.24. The lowest BCUT2D eigenvalue weighted by Gasteiger charge is -2.08. The van der Waals surface area contributed by atoms with Crippen molar-refractivity contribution in [1.82, 2.24) is 5.32 Å². The monoisotopic (exact) mass is 240 g/mol. The molecular weight excluding hydrogens is 223 g/mol. The predicted octanol–water partition coefficient (Wildman–Crippen LogP) is 0.839. The molecule has 1 aromatic rings. The van der Waals surface area contributed by atoms with Crippen molar-refractivity contribution < 1.29 is 13.9 Å². The lowest BCUT2D eigenvalue weighted by Crippen LogP contribution is -2.28. The average molecular weight is 240 g/mol. The van der Waals surface area contributed by atoms with Crippen molar-refractivity contribution >= 4 is 5.91 Å². The molecule has 0 fully saturated rings. The summed E-state index contributed by atoms with van der Waals surface area (Å²) >= 11 is 0. The molecule has 1 aromatic carbocycles. The summed E-state index contributed by atoms with van der Waals surface area (Å²) in [7, 11) is 0. The largest absolute Gasteiger partial charge is 0.378 e. The van der Waals surface area contributed by atoms with Gasteiger partial charge in [-0.2, -0.15) is 0 Å². The molecule has 0 saturated carbocycles. The normalized spacial score (nSPS) is 10.3. The lowest BCUT2D eigenvalue weighted by atomic mass is 10.1. The second-order valence-corrected chi connectivity index (χ2v) is 3.62.